The maximum Gasteiger partial charge on any atom is 0.195 e. The first-order valence-electron chi connectivity index (χ1n) is 6.49. The number of ketones is 1. The summed E-state index contributed by atoms with van der Waals surface area (Å²) in [5, 5.41) is 0.856. The first-order valence-corrected chi connectivity index (χ1v) is 6.49. The van der Waals surface area contributed by atoms with Crippen LogP contribution in [0.15, 0.2) is 42.7 Å². The van der Waals surface area contributed by atoms with Gasteiger partial charge in [0.05, 0.1) is 13.2 Å². The van der Waals surface area contributed by atoms with E-state index in [2.05, 4.69) is 9.97 Å². The van der Waals surface area contributed by atoms with E-state index in [4.69, 9.17) is 4.74 Å². The molecule has 3 heterocycles. The molecule has 0 fully saturated rings. The number of nitrogens with zero attached hydrogens (tertiary/aromatic N) is 1. The molecule has 98 valence electrons. The molecular weight excluding hydrogens is 252 g/mol. The standard InChI is InChI=1S/C16H12N2O2/c19-15(10-3-4-11-8-20-9-12(11)6-10)14-7-18-16-13(14)2-1-5-17-16/h1-7H,8-9H2,(H,17,18). The molecule has 0 saturated carbocycles. The summed E-state index contributed by atoms with van der Waals surface area (Å²) in [4.78, 5) is 19.9. The van der Waals surface area contributed by atoms with Crippen LogP contribution in [-0.2, 0) is 18.0 Å². The third kappa shape index (κ3) is 1.66. The smallest absolute Gasteiger partial charge is 0.195 e. The normalized spacial score (nSPS) is 13.6. The van der Waals surface area contributed by atoms with Gasteiger partial charge in [0.15, 0.2) is 5.78 Å². The SMILES string of the molecule is O=C(c1ccc2c(c1)COC2)c1c[nH]c2ncccc12. The number of ether oxygens (including phenoxy) is 1. The molecule has 0 bridgehead atoms. The van der Waals surface area contributed by atoms with Crippen molar-refractivity contribution in [2.75, 3.05) is 0 Å². The van der Waals surface area contributed by atoms with Crippen molar-refractivity contribution < 1.29 is 9.53 Å². The van der Waals surface area contributed by atoms with Gasteiger partial charge in [0.25, 0.3) is 0 Å². The number of aromatic amines is 1. The lowest BCUT2D eigenvalue weighted by atomic mass is 9.99. The lowest BCUT2D eigenvalue weighted by Gasteiger charge is -2.02. The first-order chi connectivity index (χ1) is 9.83. The lowest BCUT2D eigenvalue weighted by molar-refractivity contribution is 0.104. The van der Waals surface area contributed by atoms with E-state index in [0.717, 1.165) is 16.6 Å². The molecule has 4 nitrogen and oxygen atoms in total. The molecule has 0 saturated heterocycles. The van der Waals surface area contributed by atoms with Gasteiger partial charge in [-0.3, -0.25) is 4.79 Å². The monoisotopic (exact) mass is 264 g/mol. The number of benzene rings is 1. The van der Waals surface area contributed by atoms with Gasteiger partial charge in [-0.25, -0.2) is 4.98 Å². The number of carbonyl (C=O) groups excluding carboxylic acids is 1. The van der Waals surface area contributed by atoms with Crippen molar-refractivity contribution in [3.05, 3.63) is 65.0 Å². The van der Waals surface area contributed by atoms with Gasteiger partial charge < -0.3 is 9.72 Å². The van der Waals surface area contributed by atoms with E-state index in [1.165, 1.54) is 5.56 Å². The molecule has 0 amide bonds. The number of rotatable bonds is 2. The van der Waals surface area contributed by atoms with Crippen LogP contribution >= 0.6 is 0 Å². The summed E-state index contributed by atoms with van der Waals surface area (Å²) in [5.41, 5.74) is 4.36. The number of carbonyl (C=O) groups is 1. The van der Waals surface area contributed by atoms with Crippen LogP contribution in [0, 0.1) is 0 Å². The predicted molar refractivity (Wildman–Crippen MR) is 74.5 cm³/mol. The van der Waals surface area contributed by atoms with E-state index in [0.29, 0.717) is 24.3 Å². The van der Waals surface area contributed by atoms with Gasteiger partial charge >= 0.3 is 0 Å². The second kappa shape index (κ2) is 4.28. The lowest BCUT2D eigenvalue weighted by Crippen LogP contribution is -2.01. The highest BCUT2D eigenvalue weighted by atomic mass is 16.5. The minimum atomic E-state index is 0.0129. The van der Waals surface area contributed by atoms with Crippen molar-refractivity contribution in [2.45, 2.75) is 13.2 Å². The van der Waals surface area contributed by atoms with Crippen molar-refractivity contribution in [1.29, 1.82) is 0 Å². The van der Waals surface area contributed by atoms with Crippen molar-refractivity contribution in [1.82, 2.24) is 9.97 Å². The summed E-state index contributed by atoms with van der Waals surface area (Å²) in [7, 11) is 0. The number of fused-ring (bicyclic) bond motifs is 2. The maximum absolute atomic E-state index is 12.6. The van der Waals surface area contributed by atoms with Crippen molar-refractivity contribution >= 4 is 16.8 Å². The second-order valence-electron chi connectivity index (χ2n) is 4.91. The summed E-state index contributed by atoms with van der Waals surface area (Å²) < 4.78 is 5.38. The summed E-state index contributed by atoms with van der Waals surface area (Å²) in [5.74, 6) is 0.0129. The Morgan fingerprint density at radius 2 is 2.10 bits per heavy atom. The minimum Gasteiger partial charge on any atom is -0.372 e. The Morgan fingerprint density at radius 3 is 3.05 bits per heavy atom. The third-order valence-electron chi connectivity index (χ3n) is 3.68. The second-order valence-corrected chi connectivity index (χ2v) is 4.91. The molecule has 1 aliphatic heterocycles. The van der Waals surface area contributed by atoms with Gasteiger partial charge in [-0.15, -0.1) is 0 Å². The highest BCUT2D eigenvalue weighted by molar-refractivity contribution is 6.16. The van der Waals surface area contributed by atoms with Crippen LogP contribution in [0.1, 0.15) is 27.0 Å². The summed E-state index contributed by atoms with van der Waals surface area (Å²) in [6.45, 7) is 1.23. The quantitative estimate of drug-likeness (QED) is 0.724. The third-order valence-corrected chi connectivity index (χ3v) is 3.68. The van der Waals surface area contributed by atoms with Crippen LogP contribution in [0.2, 0.25) is 0 Å². The number of hydrogen-bond acceptors (Lipinski definition) is 3. The van der Waals surface area contributed by atoms with E-state index in [-0.39, 0.29) is 5.78 Å². The molecule has 0 radical (unpaired) electrons. The van der Waals surface area contributed by atoms with E-state index >= 15 is 0 Å². The number of nitrogens with one attached hydrogen (secondary N) is 1. The Labute approximate surface area is 115 Å². The van der Waals surface area contributed by atoms with Crippen molar-refractivity contribution in [3.8, 4) is 0 Å². The molecule has 0 aliphatic carbocycles. The maximum atomic E-state index is 12.6. The minimum absolute atomic E-state index is 0.0129. The van der Waals surface area contributed by atoms with Gasteiger partial charge in [-0.2, -0.15) is 0 Å². The van der Waals surface area contributed by atoms with E-state index in [1.807, 2.05) is 30.3 Å². The van der Waals surface area contributed by atoms with Crippen LogP contribution in [0.25, 0.3) is 11.0 Å². The summed E-state index contributed by atoms with van der Waals surface area (Å²) in [6.07, 6.45) is 3.43. The molecule has 20 heavy (non-hydrogen) atoms. The topological polar surface area (TPSA) is 55.0 Å². The fraction of sp³-hybridized carbons (Fsp3) is 0.125. The van der Waals surface area contributed by atoms with E-state index in [9.17, 15) is 4.79 Å². The summed E-state index contributed by atoms with van der Waals surface area (Å²) in [6, 6.07) is 9.51. The molecule has 3 aromatic rings. The van der Waals surface area contributed by atoms with Crippen molar-refractivity contribution in [3.63, 3.8) is 0 Å². The van der Waals surface area contributed by atoms with Crippen LogP contribution in [0.4, 0.5) is 0 Å². The molecular formula is C16H12N2O2. The number of pyridine rings is 1. The average molecular weight is 264 g/mol. The molecule has 1 aliphatic rings. The Bertz CT molecular complexity index is 820. The van der Waals surface area contributed by atoms with Crippen LogP contribution in [0.3, 0.4) is 0 Å². The zero-order valence-corrected chi connectivity index (χ0v) is 10.7. The largest absolute Gasteiger partial charge is 0.372 e. The fourth-order valence-corrected chi connectivity index (χ4v) is 2.61. The zero-order chi connectivity index (χ0) is 13.5. The van der Waals surface area contributed by atoms with Crippen LogP contribution in [0.5, 0.6) is 0 Å². The molecule has 1 aromatic carbocycles. The Balaban J connectivity index is 1.80. The molecule has 1 N–H and O–H groups in total. The summed E-state index contributed by atoms with van der Waals surface area (Å²) >= 11 is 0. The number of aromatic nitrogens is 2. The molecule has 2 aromatic heterocycles. The van der Waals surface area contributed by atoms with Crippen LogP contribution < -0.4 is 0 Å². The Kier molecular flexibility index (Phi) is 2.44. The fourth-order valence-electron chi connectivity index (χ4n) is 2.61. The van der Waals surface area contributed by atoms with Crippen molar-refractivity contribution in [2.24, 2.45) is 0 Å². The molecule has 4 rings (SSSR count). The predicted octanol–water partition coefficient (Wildman–Crippen LogP) is 2.82. The molecule has 0 atom stereocenters. The molecule has 4 heteroatoms. The molecule has 0 spiro atoms. The van der Waals surface area contributed by atoms with Crippen LogP contribution in [-0.4, -0.2) is 15.8 Å². The van der Waals surface area contributed by atoms with Gasteiger partial charge in [-0.05, 0) is 29.3 Å². The Morgan fingerprint density at radius 1 is 1.20 bits per heavy atom. The van der Waals surface area contributed by atoms with E-state index in [1.54, 1.807) is 12.4 Å². The highest BCUT2D eigenvalue weighted by Crippen LogP contribution is 2.24. The Hall–Kier alpha value is -2.46. The number of H-pyrrole nitrogens is 1. The average Bonchev–Trinajstić information content (AvgIpc) is 3.12. The van der Waals surface area contributed by atoms with Gasteiger partial charge in [0.1, 0.15) is 5.65 Å². The van der Waals surface area contributed by atoms with Gasteiger partial charge in [-0.1, -0.05) is 12.1 Å². The van der Waals surface area contributed by atoms with E-state index < -0.39 is 0 Å². The van der Waals surface area contributed by atoms with Gasteiger partial charge in [0.2, 0.25) is 0 Å². The zero-order valence-electron chi connectivity index (χ0n) is 10.7. The number of hydrogen-bond donors (Lipinski definition) is 1. The molecule has 0 unspecified atom stereocenters. The van der Waals surface area contributed by atoms with Gasteiger partial charge in [0, 0.05) is 28.9 Å². The first kappa shape index (κ1) is 11.4. The highest BCUT2D eigenvalue weighted by Gasteiger charge is 2.18.